The third kappa shape index (κ3) is 5.50. The van der Waals surface area contributed by atoms with Crippen LogP contribution in [0.1, 0.15) is 34.8 Å². The fraction of sp³-hybridized carbons (Fsp3) is 0.160. The van der Waals surface area contributed by atoms with Gasteiger partial charge in [-0.25, -0.2) is 9.97 Å². The average molecular weight is 445 g/mol. The number of carbonyl (C=O) groups is 1. The Morgan fingerprint density at radius 1 is 1.22 bits per heavy atom. The summed E-state index contributed by atoms with van der Waals surface area (Å²) in [5.41, 5.74) is 3.79. The minimum Gasteiger partial charge on any atom is -0.487 e. The number of nitrogens with zero attached hydrogens (tertiary/aromatic N) is 3. The van der Waals surface area contributed by atoms with E-state index in [2.05, 4.69) is 15.3 Å². The van der Waals surface area contributed by atoms with Gasteiger partial charge < -0.3 is 14.6 Å². The summed E-state index contributed by atoms with van der Waals surface area (Å²) in [6, 6.07) is 15.5. The Morgan fingerprint density at radius 2 is 2.03 bits per heavy atom. The van der Waals surface area contributed by atoms with Gasteiger partial charge in [0.1, 0.15) is 12.4 Å². The number of carbonyl (C=O) groups excluding carboxylic acids is 1. The highest BCUT2D eigenvalue weighted by molar-refractivity contribution is 7.09. The number of nitrogens with one attached hydrogen (secondary N) is 1. The lowest BCUT2D eigenvalue weighted by molar-refractivity contribution is -0.117. The van der Waals surface area contributed by atoms with Crippen LogP contribution in [0.5, 0.6) is 5.75 Å². The maximum absolute atomic E-state index is 12.5. The number of aryl methyl sites for hydroxylation is 1. The van der Waals surface area contributed by atoms with Crippen LogP contribution in [0.3, 0.4) is 0 Å². The van der Waals surface area contributed by atoms with E-state index in [4.69, 9.17) is 4.74 Å². The predicted molar refractivity (Wildman–Crippen MR) is 127 cm³/mol. The van der Waals surface area contributed by atoms with Gasteiger partial charge in [0, 0.05) is 35.1 Å². The van der Waals surface area contributed by atoms with Gasteiger partial charge in [-0.15, -0.1) is 11.3 Å². The van der Waals surface area contributed by atoms with E-state index in [0.717, 1.165) is 27.5 Å². The van der Waals surface area contributed by atoms with Crippen molar-refractivity contribution in [3.63, 3.8) is 0 Å². The molecule has 7 heteroatoms. The first kappa shape index (κ1) is 21.5. The molecule has 0 spiro atoms. The molecule has 1 atom stereocenters. The maximum atomic E-state index is 12.5. The van der Waals surface area contributed by atoms with Crippen LogP contribution < -0.4 is 10.1 Å². The average Bonchev–Trinajstić information content (AvgIpc) is 3.49. The van der Waals surface area contributed by atoms with Crippen LogP contribution in [-0.2, 0) is 11.4 Å². The van der Waals surface area contributed by atoms with E-state index in [9.17, 15) is 4.79 Å². The number of para-hydroxylation sites is 1. The molecule has 1 N–H and O–H groups in total. The van der Waals surface area contributed by atoms with Gasteiger partial charge in [0.2, 0.25) is 5.91 Å². The summed E-state index contributed by atoms with van der Waals surface area (Å²) in [6.07, 6.45) is 8.69. The fourth-order valence-electron chi connectivity index (χ4n) is 3.23. The van der Waals surface area contributed by atoms with Crippen molar-refractivity contribution in [2.45, 2.75) is 26.5 Å². The molecule has 162 valence electrons. The number of benzene rings is 2. The van der Waals surface area contributed by atoms with Crippen molar-refractivity contribution < 1.29 is 9.53 Å². The zero-order chi connectivity index (χ0) is 22.3. The number of hydrogen-bond donors (Lipinski definition) is 1. The van der Waals surface area contributed by atoms with Crippen molar-refractivity contribution >= 4 is 23.3 Å². The first-order valence-electron chi connectivity index (χ1n) is 10.3. The summed E-state index contributed by atoms with van der Waals surface area (Å²) in [6.45, 7) is 4.33. The zero-order valence-corrected chi connectivity index (χ0v) is 18.8. The third-order valence-electron chi connectivity index (χ3n) is 4.93. The molecule has 0 aliphatic carbocycles. The Kier molecular flexibility index (Phi) is 6.77. The standard InChI is InChI=1S/C25H24N4O2S/c1-18(20-7-10-23(11-8-20)29-14-13-26-17-29)27-25(30)12-9-21-5-3-4-6-24(21)31-15-22-16-32-19(2)28-22/h3-14,16-18H,15H2,1-2H3,(H,27,30)/b12-9-/t18-/m0/s1. The molecule has 0 radical (unpaired) electrons. The van der Waals surface area contributed by atoms with Crippen molar-refractivity contribution in [3.8, 4) is 11.4 Å². The summed E-state index contributed by atoms with van der Waals surface area (Å²) >= 11 is 1.60. The molecule has 4 aromatic rings. The molecule has 0 saturated carbocycles. The van der Waals surface area contributed by atoms with Crippen molar-refractivity contribution in [1.82, 2.24) is 19.9 Å². The van der Waals surface area contributed by atoms with E-state index in [-0.39, 0.29) is 11.9 Å². The Hall–Kier alpha value is -3.71. The van der Waals surface area contributed by atoms with Gasteiger partial charge in [-0.1, -0.05) is 30.3 Å². The third-order valence-corrected chi connectivity index (χ3v) is 5.75. The minimum atomic E-state index is -0.166. The Balaban J connectivity index is 1.36. The molecule has 0 aliphatic heterocycles. The van der Waals surface area contributed by atoms with E-state index in [0.29, 0.717) is 12.4 Å². The van der Waals surface area contributed by atoms with E-state index >= 15 is 0 Å². The highest BCUT2D eigenvalue weighted by Crippen LogP contribution is 2.21. The molecule has 2 heterocycles. The highest BCUT2D eigenvalue weighted by atomic mass is 32.1. The van der Waals surface area contributed by atoms with Gasteiger partial charge in [0.05, 0.1) is 23.1 Å². The molecule has 4 rings (SSSR count). The zero-order valence-electron chi connectivity index (χ0n) is 17.9. The Labute approximate surface area is 191 Å². The van der Waals surface area contributed by atoms with Crippen molar-refractivity contribution in [3.05, 3.63) is 101 Å². The molecule has 2 aromatic heterocycles. The Morgan fingerprint density at radius 3 is 2.75 bits per heavy atom. The summed E-state index contributed by atoms with van der Waals surface area (Å²) in [5, 5.41) is 6.01. The number of thiazole rings is 1. The molecule has 1 amide bonds. The second-order valence-electron chi connectivity index (χ2n) is 7.31. The number of aromatic nitrogens is 3. The molecular formula is C25H24N4O2S. The number of hydrogen-bond acceptors (Lipinski definition) is 5. The molecule has 0 unspecified atom stereocenters. The largest absolute Gasteiger partial charge is 0.487 e. The number of amides is 1. The summed E-state index contributed by atoms with van der Waals surface area (Å²) < 4.78 is 7.85. The van der Waals surface area contributed by atoms with E-state index < -0.39 is 0 Å². The molecule has 0 aliphatic rings. The lowest BCUT2D eigenvalue weighted by Crippen LogP contribution is -2.24. The second-order valence-corrected chi connectivity index (χ2v) is 8.37. The number of ether oxygens (including phenoxy) is 1. The molecule has 32 heavy (non-hydrogen) atoms. The molecule has 0 saturated heterocycles. The molecule has 2 aromatic carbocycles. The summed E-state index contributed by atoms with van der Waals surface area (Å²) in [5.74, 6) is 0.548. The number of imidazole rings is 1. The van der Waals surface area contributed by atoms with E-state index in [1.54, 1.807) is 29.9 Å². The summed E-state index contributed by atoms with van der Waals surface area (Å²) in [7, 11) is 0. The lowest BCUT2D eigenvalue weighted by atomic mass is 10.1. The van der Waals surface area contributed by atoms with E-state index in [1.165, 1.54) is 6.08 Å². The molecule has 6 nitrogen and oxygen atoms in total. The van der Waals surface area contributed by atoms with Gasteiger partial charge in [0.15, 0.2) is 0 Å². The van der Waals surface area contributed by atoms with Gasteiger partial charge in [-0.3, -0.25) is 4.79 Å². The topological polar surface area (TPSA) is 69.0 Å². The minimum absolute atomic E-state index is 0.122. The highest BCUT2D eigenvalue weighted by Gasteiger charge is 2.09. The van der Waals surface area contributed by atoms with Crippen molar-refractivity contribution in [1.29, 1.82) is 0 Å². The Bertz CT molecular complexity index is 1200. The predicted octanol–water partition coefficient (Wildman–Crippen LogP) is 5.11. The van der Waals surface area contributed by atoms with Gasteiger partial charge >= 0.3 is 0 Å². The van der Waals surface area contributed by atoms with Gasteiger partial charge in [-0.2, -0.15) is 0 Å². The first-order valence-corrected chi connectivity index (χ1v) is 11.2. The van der Waals surface area contributed by atoms with Crippen LogP contribution in [0.15, 0.2) is 78.7 Å². The lowest BCUT2D eigenvalue weighted by Gasteiger charge is -2.14. The van der Waals surface area contributed by atoms with Crippen LogP contribution >= 0.6 is 11.3 Å². The van der Waals surface area contributed by atoms with Crippen LogP contribution in [0.2, 0.25) is 0 Å². The SMILES string of the molecule is Cc1nc(COc2ccccc2/C=C\C(=O)N[C@@H](C)c2ccc(-n3ccnc3)cc2)cs1. The van der Waals surface area contributed by atoms with Crippen LogP contribution in [0, 0.1) is 6.92 Å². The van der Waals surface area contributed by atoms with Gasteiger partial charge in [-0.05, 0) is 43.7 Å². The quantitative estimate of drug-likeness (QED) is 0.384. The van der Waals surface area contributed by atoms with Crippen molar-refractivity contribution in [2.75, 3.05) is 0 Å². The summed E-state index contributed by atoms with van der Waals surface area (Å²) in [4.78, 5) is 21.0. The normalized spacial score (nSPS) is 12.1. The van der Waals surface area contributed by atoms with Gasteiger partial charge in [0.25, 0.3) is 0 Å². The van der Waals surface area contributed by atoms with Crippen LogP contribution in [-0.4, -0.2) is 20.4 Å². The molecule has 0 bridgehead atoms. The smallest absolute Gasteiger partial charge is 0.244 e. The maximum Gasteiger partial charge on any atom is 0.244 e. The molecule has 0 fully saturated rings. The van der Waals surface area contributed by atoms with Crippen LogP contribution in [0.25, 0.3) is 11.8 Å². The fourth-order valence-corrected chi connectivity index (χ4v) is 3.83. The van der Waals surface area contributed by atoms with Crippen molar-refractivity contribution in [2.24, 2.45) is 0 Å². The second kappa shape index (κ2) is 10.1. The van der Waals surface area contributed by atoms with Crippen LogP contribution in [0.4, 0.5) is 0 Å². The van der Waals surface area contributed by atoms with E-state index in [1.807, 2.05) is 78.5 Å². The monoisotopic (exact) mass is 444 g/mol. The molecular weight excluding hydrogens is 420 g/mol. The number of rotatable bonds is 8. The first-order chi connectivity index (χ1) is 15.6.